The maximum atomic E-state index is 11.6. The first-order chi connectivity index (χ1) is 8.17. The minimum Gasteiger partial charge on any atom is -0.508 e. The Labute approximate surface area is 101 Å². The number of carbonyl (C=O) groups excluding carboxylic acids is 1. The minimum absolute atomic E-state index is 0.178. The van der Waals surface area contributed by atoms with Crippen molar-refractivity contribution in [2.24, 2.45) is 5.92 Å². The molecular weight excluding hydrogens is 216 g/mol. The average molecular weight is 232 g/mol. The third kappa shape index (κ3) is 4.15. The molecule has 0 saturated carbocycles. The maximum absolute atomic E-state index is 11.6. The van der Waals surface area contributed by atoms with Gasteiger partial charge in [-0.05, 0) is 30.5 Å². The van der Waals surface area contributed by atoms with Gasteiger partial charge in [-0.1, -0.05) is 19.1 Å². The molecule has 1 atom stereocenters. The minimum atomic E-state index is -0.675. The molecule has 0 aliphatic rings. The summed E-state index contributed by atoms with van der Waals surface area (Å²) in [6.07, 6.45) is 1.22. The van der Waals surface area contributed by atoms with Gasteiger partial charge in [0.15, 0.2) is 0 Å². The highest BCUT2D eigenvalue weighted by Crippen LogP contribution is 2.13. The van der Waals surface area contributed by atoms with Crippen LogP contribution in [0.15, 0.2) is 24.3 Å². The van der Waals surface area contributed by atoms with Gasteiger partial charge < -0.3 is 10.4 Å². The molecule has 1 unspecified atom stereocenters. The van der Waals surface area contributed by atoms with Crippen LogP contribution in [0.1, 0.15) is 18.9 Å². The number of benzene rings is 1. The molecule has 0 heterocycles. The van der Waals surface area contributed by atoms with Crippen molar-refractivity contribution in [2.75, 3.05) is 6.54 Å². The summed E-state index contributed by atoms with van der Waals surface area (Å²) in [5, 5.41) is 20.8. The summed E-state index contributed by atoms with van der Waals surface area (Å²) < 4.78 is 0. The number of phenolic OH excluding ortho intramolecular Hbond substituents is 1. The van der Waals surface area contributed by atoms with Crippen molar-refractivity contribution in [1.29, 1.82) is 5.26 Å². The van der Waals surface area contributed by atoms with E-state index >= 15 is 0 Å². The first kappa shape index (κ1) is 13.0. The van der Waals surface area contributed by atoms with Crippen molar-refractivity contribution in [1.82, 2.24) is 5.32 Å². The molecule has 0 aromatic heterocycles. The van der Waals surface area contributed by atoms with Gasteiger partial charge in [0, 0.05) is 6.54 Å². The van der Waals surface area contributed by atoms with Gasteiger partial charge >= 0.3 is 0 Å². The Kier molecular flexibility index (Phi) is 5.02. The zero-order valence-electron chi connectivity index (χ0n) is 9.81. The third-order valence-corrected chi connectivity index (χ3v) is 2.40. The second-order valence-corrected chi connectivity index (χ2v) is 3.84. The number of nitrogens with zero attached hydrogens (tertiary/aromatic N) is 1. The molecule has 1 amide bonds. The van der Waals surface area contributed by atoms with Crippen LogP contribution in [0.5, 0.6) is 5.75 Å². The Morgan fingerprint density at radius 2 is 2.12 bits per heavy atom. The van der Waals surface area contributed by atoms with Crippen LogP contribution in [0.2, 0.25) is 0 Å². The topological polar surface area (TPSA) is 73.1 Å². The number of hydrogen-bond acceptors (Lipinski definition) is 3. The average Bonchev–Trinajstić information content (AvgIpc) is 2.35. The van der Waals surface area contributed by atoms with E-state index in [4.69, 9.17) is 10.4 Å². The van der Waals surface area contributed by atoms with Gasteiger partial charge in [-0.3, -0.25) is 4.79 Å². The summed E-state index contributed by atoms with van der Waals surface area (Å²) in [7, 11) is 0. The van der Waals surface area contributed by atoms with Gasteiger partial charge in [-0.25, -0.2) is 0 Å². The number of nitrogens with one attached hydrogen (secondary N) is 1. The van der Waals surface area contributed by atoms with Gasteiger partial charge in [0.1, 0.15) is 11.7 Å². The van der Waals surface area contributed by atoms with Crippen molar-refractivity contribution in [3.63, 3.8) is 0 Å². The molecule has 0 aliphatic carbocycles. The molecule has 0 spiro atoms. The lowest BCUT2D eigenvalue weighted by Crippen LogP contribution is -2.31. The van der Waals surface area contributed by atoms with E-state index in [0.717, 1.165) is 12.0 Å². The summed E-state index contributed by atoms with van der Waals surface area (Å²) >= 11 is 0. The van der Waals surface area contributed by atoms with E-state index in [2.05, 4.69) is 5.32 Å². The number of hydrogen-bond donors (Lipinski definition) is 2. The Morgan fingerprint density at radius 1 is 1.47 bits per heavy atom. The number of aromatic hydroxyl groups is 1. The maximum Gasteiger partial charge on any atom is 0.237 e. The zero-order chi connectivity index (χ0) is 12.7. The number of rotatable bonds is 5. The second-order valence-electron chi connectivity index (χ2n) is 3.84. The van der Waals surface area contributed by atoms with E-state index < -0.39 is 5.92 Å². The molecule has 0 aliphatic heterocycles. The van der Waals surface area contributed by atoms with Crippen molar-refractivity contribution in [3.05, 3.63) is 29.8 Å². The van der Waals surface area contributed by atoms with E-state index in [1.165, 1.54) is 0 Å². The van der Waals surface area contributed by atoms with Crippen LogP contribution < -0.4 is 5.32 Å². The van der Waals surface area contributed by atoms with Crippen LogP contribution in [-0.2, 0) is 11.2 Å². The standard InChI is InChI=1S/C13H16N2O2/c1-2-7-15-13(17)11(9-14)8-10-3-5-12(16)6-4-10/h3-6,11,16H,2,7-8H2,1H3,(H,15,17). The SMILES string of the molecule is CCCNC(=O)C(C#N)Cc1ccc(O)cc1. The lowest BCUT2D eigenvalue weighted by atomic mass is 10.00. The Bertz CT molecular complexity index is 406. The highest BCUT2D eigenvalue weighted by atomic mass is 16.3. The van der Waals surface area contributed by atoms with Crippen LogP contribution in [0.4, 0.5) is 0 Å². The Hall–Kier alpha value is -2.02. The smallest absolute Gasteiger partial charge is 0.237 e. The quantitative estimate of drug-likeness (QED) is 0.809. The second kappa shape index (κ2) is 6.54. The molecule has 0 bridgehead atoms. The molecule has 90 valence electrons. The van der Waals surface area contributed by atoms with Gasteiger partial charge in [0.25, 0.3) is 0 Å². The first-order valence-corrected chi connectivity index (χ1v) is 5.62. The molecule has 2 N–H and O–H groups in total. The summed E-state index contributed by atoms with van der Waals surface area (Å²) in [6.45, 7) is 2.55. The fourth-order valence-electron chi connectivity index (χ4n) is 1.44. The molecule has 0 fully saturated rings. The van der Waals surface area contributed by atoms with Crippen LogP contribution in [0.25, 0.3) is 0 Å². The monoisotopic (exact) mass is 232 g/mol. The van der Waals surface area contributed by atoms with E-state index in [1.54, 1.807) is 24.3 Å². The van der Waals surface area contributed by atoms with Crippen LogP contribution in [0.3, 0.4) is 0 Å². The van der Waals surface area contributed by atoms with Gasteiger partial charge in [0.2, 0.25) is 5.91 Å². The fourth-order valence-corrected chi connectivity index (χ4v) is 1.44. The largest absolute Gasteiger partial charge is 0.508 e. The summed E-state index contributed by atoms with van der Waals surface area (Å²) in [6, 6.07) is 8.53. The van der Waals surface area contributed by atoms with Gasteiger partial charge in [0.05, 0.1) is 6.07 Å². The molecule has 4 nitrogen and oxygen atoms in total. The molecule has 17 heavy (non-hydrogen) atoms. The van der Waals surface area contributed by atoms with Crippen molar-refractivity contribution < 1.29 is 9.90 Å². The highest BCUT2D eigenvalue weighted by Gasteiger charge is 2.17. The number of phenols is 1. The molecular formula is C13H16N2O2. The van der Waals surface area contributed by atoms with Gasteiger partial charge in [-0.2, -0.15) is 5.26 Å². The lowest BCUT2D eigenvalue weighted by Gasteiger charge is -2.09. The van der Waals surface area contributed by atoms with Crippen molar-refractivity contribution in [2.45, 2.75) is 19.8 Å². The normalized spacial score (nSPS) is 11.5. The van der Waals surface area contributed by atoms with Crippen LogP contribution in [0, 0.1) is 17.2 Å². The van der Waals surface area contributed by atoms with E-state index in [9.17, 15) is 4.79 Å². The van der Waals surface area contributed by atoms with E-state index in [-0.39, 0.29) is 11.7 Å². The summed E-state index contributed by atoms with van der Waals surface area (Å²) in [5.41, 5.74) is 0.862. The first-order valence-electron chi connectivity index (χ1n) is 5.62. The number of amides is 1. The number of carbonyl (C=O) groups is 1. The zero-order valence-corrected chi connectivity index (χ0v) is 9.81. The predicted octanol–water partition coefficient (Wildman–Crippen LogP) is 1.60. The molecule has 0 saturated heterocycles. The summed E-state index contributed by atoms with van der Waals surface area (Å²) in [5.74, 6) is -0.730. The van der Waals surface area contributed by atoms with E-state index in [1.807, 2.05) is 13.0 Å². The molecule has 4 heteroatoms. The lowest BCUT2D eigenvalue weighted by molar-refractivity contribution is -0.123. The molecule has 1 aromatic rings. The molecule has 1 aromatic carbocycles. The summed E-state index contributed by atoms with van der Waals surface area (Å²) in [4.78, 5) is 11.6. The number of nitriles is 1. The Morgan fingerprint density at radius 3 is 2.65 bits per heavy atom. The Balaban J connectivity index is 2.61. The van der Waals surface area contributed by atoms with Crippen LogP contribution >= 0.6 is 0 Å². The predicted molar refractivity (Wildman–Crippen MR) is 64.2 cm³/mol. The van der Waals surface area contributed by atoms with Gasteiger partial charge in [-0.15, -0.1) is 0 Å². The third-order valence-electron chi connectivity index (χ3n) is 2.40. The van der Waals surface area contributed by atoms with E-state index in [0.29, 0.717) is 13.0 Å². The highest BCUT2D eigenvalue weighted by molar-refractivity contribution is 5.81. The van der Waals surface area contributed by atoms with Crippen molar-refractivity contribution >= 4 is 5.91 Å². The fraction of sp³-hybridized carbons (Fsp3) is 0.385. The van der Waals surface area contributed by atoms with Crippen molar-refractivity contribution in [3.8, 4) is 11.8 Å². The van der Waals surface area contributed by atoms with Crippen LogP contribution in [-0.4, -0.2) is 17.6 Å². The molecule has 1 rings (SSSR count). The molecule has 0 radical (unpaired) electrons.